The van der Waals surface area contributed by atoms with E-state index in [0.717, 1.165) is 63.3 Å². The molecular formula is C31H38F3N7O2. The number of pyridine rings is 1. The van der Waals surface area contributed by atoms with Crippen molar-refractivity contribution in [2.45, 2.75) is 44.8 Å². The van der Waals surface area contributed by atoms with Gasteiger partial charge in [0.05, 0.1) is 10.9 Å². The van der Waals surface area contributed by atoms with Crippen LogP contribution in [0.1, 0.15) is 55.3 Å². The van der Waals surface area contributed by atoms with E-state index in [1.54, 1.807) is 26.1 Å². The summed E-state index contributed by atoms with van der Waals surface area (Å²) in [6.45, 7) is 7.90. The highest BCUT2D eigenvalue weighted by Gasteiger charge is 2.31. The van der Waals surface area contributed by atoms with Gasteiger partial charge in [-0.15, -0.1) is 0 Å². The van der Waals surface area contributed by atoms with E-state index < -0.39 is 17.8 Å². The maximum absolute atomic E-state index is 13.3. The molecule has 43 heavy (non-hydrogen) atoms. The van der Waals surface area contributed by atoms with Crippen molar-refractivity contribution in [3.8, 4) is 0 Å². The summed E-state index contributed by atoms with van der Waals surface area (Å²) in [5.74, 6) is 0.547. The molecule has 2 aromatic heterocycles. The Hall–Kier alpha value is -3.77. The summed E-state index contributed by atoms with van der Waals surface area (Å²) in [6, 6.07) is 6.43. The number of aromatic nitrogens is 3. The Bertz CT molecular complexity index is 1550. The molecule has 2 N–H and O–H groups in total. The van der Waals surface area contributed by atoms with Crippen LogP contribution < -0.4 is 16.2 Å². The minimum Gasteiger partial charge on any atom is -0.363 e. The van der Waals surface area contributed by atoms with Crippen molar-refractivity contribution >= 4 is 28.3 Å². The molecule has 9 nitrogen and oxygen atoms in total. The summed E-state index contributed by atoms with van der Waals surface area (Å²) >= 11 is 0. The molecular weight excluding hydrogens is 559 g/mol. The Kier molecular flexibility index (Phi) is 9.46. The van der Waals surface area contributed by atoms with Gasteiger partial charge in [0.15, 0.2) is 0 Å². The number of rotatable bonds is 9. The van der Waals surface area contributed by atoms with Crippen molar-refractivity contribution < 1.29 is 18.0 Å². The SMILES string of the molecule is C[C@@H](Nc1ncnc2c1cc(C1=CCN(C(=O)CCCCN3CCNCC3)CC1)c(=O)n2C)c1cccc(C(F)(F)F)c1. The first-order chi connectivity index (χ1) is 20.6. The number of halogens is 3. The lowest BCUT2D eigenvalue weighted by atomic mass is 9.99. The molecule has 0 bridgehead atoms. The van der Waals surface area contributed by atoms with Crippen LogP contribution in [0.25, 0.3) is 16.6 Å². The number of hydrogen-bond acceptors (Lipinski definition) is 7. The summed E-state index contributed by atoms with van der Waals surface area (Å²) in [4.78, 5) is 39.1. The molecule has 12 heteroatoms. The number of unbranched alkanes of at least 4 members (excludes halogenated alkanes) is 1. The van der Waals surface area contributed by atoms with Crippen LogP contribution in [-0.4, -0.2) is 76.1 Å². The van der Waals surface area contributed by atoms with E-state index >= 15 is 0 Å². The van der Waals surface area contributed by atoms with Crippen LogP contribution in [0.3, 0.4) is 0 Å². The first-order valence-corrected chi connectivity index (χ1v) is 14.8. The van der Waals surface area contributed by atoms with E-state index in [0.29, 0.717) is 53.9 Å². The topological polar surface area (TPSA) is 95.4 Å². The van der Waals surface area contributed by atoms with Gasteiger partial charge in [0.25, 0.3) is 5.56 Å². The molecule has 0 radical (unpaired) electrons. The van der Waals surface area contributed by atoms with Crippen molar-refractivity contribution in [1.82, 2.24) is 29.7 Å². The van der Waals surface area contributed by atoms with Gasteiger partial charge < -0.3 is 20.4 Å². The van der Waals surface area contributed by atoms with E-state index in [-0.39, 0.29) is 11.5 Å². The zero-order valence-corrected chi connectivity index (χ0v) is 24.6. The number of aryl methyl sites for hydroxylation is 1. The molecule has 0 aliphatic carbocycles. The molecule has 1 aromatic carbocycles. The highest BCUT2D eigenvalue weighted by Crippen LogP contribution is 2.32. The highest BCUT2D eigenvalue weighted by molar-refractivity contribution is 5.89. The van der Waals surface area contributed by atoms with Crippen LogP contribution in [-0.2, 0) is 18.0 Å². The number of anilines is 1. The third-order valence-electron chi connectivity index (χ3n) is 8.30. The maximum Gasteiger partial charge on any atom is 0.416 e. The predicted octanol–water partition coefficient (Wildman–Crippen LogP) is 4.21. The molecule has 4 heterocycles. The normalized spacial score (nSPS) is 17.1. The largest absolute Gasteiger partial charge is 0.416 e. The number of alkyl halides is 3. The Morgan fingerprint density at radius 3 is 2.63 bits per heavy atom. The van der Waals surface area contributed by atoms with Gasteiger partial charge in [-0.05, 0) is 62.1 Å². The molecule has 2 aliphatic heterocycles. The molecule has 5 rings (SSSR count). The second-order valence-electron chi connectivity index (χ2n) is 11.2. The molecule has 0 spiro atoms. The van der Waals surface area contributed by atoms with E-state index in [1.165, 1.54) is 17.0 Å². The molecule has 2 aliphatic rings. The van der Waals surface area contributed by atoms with Crippen molar-refractivity contribution in [3.05, 3.63) is 69.8 Å². The number of amides is 1. The summed E-state index contributed by atoms with van der Waals surface area (Å²) in [5, 5.41) is 7.15. The van der Waals surface area contributed by atoms with Gasteiger partial charge >= 0.3 is 6.18 Å². The third-order valence-corrected chi connectivity index (χ3v) is 8.30. The molecule has 1 amide bonds. The fourth-order valence-electron chi connectivity index (χ4n) is 5.73. The Balaban J connectivity index is 1.28. The lowest BCUT2D eigenvalue weighted by Crippen LogP contribution is -2.43. The zero-order chi connectivity index (χ0) is 30.6. The molecule has 0 unspecified atom stereocenters. The quantitative estimate of drug-likeness (QED) is 0.357. The fraction of sp³-hybridized carbons (Fsp3) is 0.484. The van der Waals surface area contributed by atoms with Crippen LogP contribution in [0.2, 0.25) is 0 Å². The number of nitrogens with zero attached hydrogens (tertiary/aromatic N) is 5. The number of carbonyl (C=O) groups is 1. The number of hydrogen-bond donors (Lipinski definition) is 2. The number of nitrogens with one attached hydrogen (secondary N) is 2. The van der Waals surface area contributed by atoms with Crippen LogP contribution >= 0.6 is 0 Å². The van der Waals surface area contributed by atoms with Gasteiger partial charge in [-0.1, -0.05) is 18.2 Å². The number of carbonyl (C=O) groups excluding carboxylic acids is 1. The van der Waals surface area contributed by atoms with Crippen LogP contribution in [0.4, 0.5) is 19.0 Å². The second kappa shape index (κ2) is 13.3. The number of fused-ring (bicyclic) bond motifs is 1. The van der Waals surface area contributed by atoms with Crippen LogP contribution in [0.5, 0.6) is 0 Å². The molecule has 3 aromatic rings. The van der Waals surface area contributed by atoms with Crippen molar-refractivity contribution in [2.75, 3.05) is 51.1 Å². The van der Waals surface area contributed by atoms with E-state index in [9.17, 15) is 22.8 Å². The highest BCUT2D eigenvalue weighted by atomic mass is 19.4. The molecule has 230 valence electrons. The Labute approximate surface area is 248 Å². The van der Waals surface area contributed by atoms with Gasteiger partial charge in [-0.25, -0.2) is 9.97 Å². The van der Waals surface area contributed by atoms with Crippen LogP contribution in [0.15, 0.2) is 47.5 Å². The van der Waals surface area contributed by atoms with Crippen LogP contribution in [0, 0.1) is 0 Å². The average Bonchev–Trinajstić information content (AvgIpc) is 3.01. The molecule has 0 saturated carbocycles. The summed E-state index contributed by atoms with van der Waals surface area (Å²) in [5.41, 5.74) is 1.30. The summed E-state index contributed by atoms with van der Waals surface area (Å²) in [7, 11) is 1.64. The monoisotopic (exact) mass is 597 g/mol. The zero-order valence-electron chi connectivity index (χ0n) is 24.6. The molecule has 1 fully saturated rings. The minimum absolute atomic E-state index is 0.130. The Morgan fingerprint density at radius 2 is 1.91 bits per heavy atom. The van der Waals surface area contributed by atoms with Crippen molar-refractivity contribution in [3.63, 3.8) is 0 Å². The molecule has 1 saturated heterocycles. The Morgan fingerprint density at radius 1 is 1.12 bits per heavy atom. The van der Waals surface area contributed by atoms with E-state index in [1.807, 2.05) is 11.0 Å². The predicted molar refractivity (Wildman–Crippen MR) is 161 cm³/mol. The number of piperazine rings is 1. The standard InChI is InChI=1S/C31H38F3N7O2/c1-21(23-6-5-7-24(18-23)31(32,33)34)38-28-26-19-25(30(43)39(2)29(26)37-20-36-28)22-9-14-41(15-10-22)27(42)8-3-4-13-40-16-11-35-12-17-40/h5-7,9,18-21,35H,3-4,8,10-17H2,1-2H3,(H,36,37,38)/t21-/m1/s1. The maximum atomic E-state index is 13.3. The average molecular weight is 598 g/mol. The number of benzene rings is 1. The van der Waals surface area contributed by atoms with Crippen molar-refractivity contribution in [1.29, 1.82) is 0 Å². The van der Waals surface area contributed by atoms with Gasteiger partial charge in [0.2, 0.25) is 5.91 Å². The lowest BCUT2D eigenvalue weighted by molar-refractivity contribution is -0.137. The first kappa shape index (κ1) is 30.7. The van der Waals surface area contributed by atoms with Crippen molar-refractivity contribution in [2.24, 2.45) is 7.05 Å². The van der Waals surface area contributed by atoms with Gasteiger partial charge in [0.1, 0.15) is 17.8 Å². The van der Waals surface area contributed by atoms with E-state index in [2.05, 4.69) is 25.5 Å². The first-order valence-electron chi connectivity index (χ1n) is 14.8. The lowest BCUT2D eigenvalue weighted by Gasteiger charge is -2.28. The summed E-state index contributed by atoms with van der Waals surface area (Å²) in [6.07, 6.45) is 1.74. The van der Waals surface area contributed by atoms with Gasteiger partial charge in [-0.2, -0.15) is 13.2 Å². The molecule has 1 atom stereocenters. The minimum atomic E-state index is -4.44. The fourth-order valence-corrected chi connectivity index (χ4v) is 5.73. The van der Waals surface area contributed by atoms with Gasteiger partial charge in [0, 0.05) is 64.3 Å². The second-order valence-corrected chi connectivity index (χ2v) is 11.2. The summed E-state index contributed by atoms with van der Waals surface area (Å²) < 4.78 is 41.3. The third kappa shape index (κ3) is 7.24. The smallest absolute Gasteiger partial charge is 0.363 e. The van der Waals surface area contributed by atoms with E-state index in [4.69, 9.17) is 0 Å². The van der Waals surface area contributed by atoms with Gasteiger partial charge in [-0.3, -0.25) is 14.2 Å².